The first-order valence-corrected chi connectivity index (χ1v) is 7.24. The van der Waals surface area contributed by atoms with Gasteiger partial charge in [-0.3, -0.25) is 0 Å². The fourth-order valence-corrected chi connectivity index (χ4v) is 2.24. The number of hydrogen-bond donors (Lipinski definition) is 0. The van der Waals surface area contributed by atoms with E-state index in [9.17, 15) is 0 Å². The molecule has 0 aromatic heterocycles. The quantitative estimate of drug-likeness (QED) is 0.438. The molecular formula is C15H28O2. The van der Waals surface area contributed by atoms with Gasteiger partial charge in [0.1, 0.15) is 0 Å². The van der Waals surface area contributed by atoms with Crippen LogP contribution in [-0.4, -0.2) is 19.0 Å². The van der Waals surface area contributed by atoms with E-state index < -0.39 is 0 Å². The van der Waals surface area contributed by atoms with E-state index in [0.717, 1.165) is 25.9 Å². The van der Waals surface area contributed by atoms with Crippen LogP contribution in [0.25, 0.3) is 0 Å². The van der Waals surface area contributed by atoms with Crippen LogP contribution in [0, 0.1) is 0 Å². The molecule has 0 aromatic carbocycles. The molecule has 1 heterocycles. The van der Waals surface area contributed by atoms with Crippen LogP contribution in [-0.2, 0) is 9.47 Å². The van der Waals surface area contributed by atoms with Gasteiger partial charge in [-0.15, -0.1) is 6.58 Å². The Labute approximate surface area is 106 Å². The molecule has 0 aliphatic carbocycles. The zero-order chi connectivity index (χ0) is 12.3. The normalized spacial score (nSPS) is 22.3. The van der Waals surface area contributed by atoms with Crippen molar-refractivity contribution in [1.82, 2.24) is 0 Å². The van der Waals surface area contributed by atoms with Crippen LogP contribution in [0.15, 0.2) is 12.7 Å². The molecular weight excluding hydrogens is 212 g/mol. The van der Waals surface area contributed by atoms with Crippen LogP contribution in [0.5, 0.6) is 0 Å². The molecule has 2 heteroatoms. The predicted molar refractivity (Wildman–Crippen MR) is 72.0 cm³/mol. The largest absolute Gasteiger partial charge is 0.353 e. The van der Waals surface area contributed by atoms with Crippen molar-refractivity contribution in [2.45, 2.75) is 77.1 Å². The minimum atomic E-state index is 0.0557. The lowest BCUT2D eigenvalue weighted by molar-refractivity contribution is -0.190. The van der Waals surface area contributed by atoms with Gasteiger partial charge in [0.25, 0.3) is 0 Å². The molecule has 2 unspecified atom stereocenters. The van der Waals surface area contributed by atoms with Gasteiger partial charge in [-0.1, -0.05) is 32.3 Å². The van der Waals surface area contributed by atoms with Crippen LogP contribution >= 0.6 is 0 Å². The van der Waals surface area contributed by atoms with Gasteiger partial charge in [-0.25, -0.2) is 0 Å². The first kappa shape index (κ1) is 14.7. The smallest absolute Gasteiger partial charge is 0.157 e. The van der Waals surface area contributed by atoms with Crippen molar-refractivity contribution in [3.63, 3.8) is 0 Å². The van der Waals surface area contributed by atoms with Crippen molar-refractivity contribution >= 4 is 0 Å². The summed E-state index contributed by atoms with van der Waals surface area (Å²) in [4.78, 5) is 0. The highest BCUT2D eigenvalue weighted by Gasteiger charge is 2.19. The van der Waals surface area contributed by atoms with E-state index in [1.807, 2.05) is 6.08 Å². The topological polar surface area (TPSA) is 18.5 Å². The van der Waals surface area contributed by atoms with E-state index >= 15 is 0 Å². The van der Waals surface area contributed by atoms with Crippen LogP contribution < -0.4 is 0 Å². The molecule has 0 amide bonds. The zero-order valence-corrected chi connectivity index (χ0v) is 11.3. The Bertz CT molecular complexity index is 185. The number of ether oxygens (including phenoxy) is 2. The molecule has 1 saturated heterocycles. The summed E-state index contributed by atoms with van der Waals surface area (Å²) in [6.07, 6.45) is 13.1. The van der Waals surface area contributed by atoms with Crippen molar-refractivity contribution in [2.24, 2.45) is 0 Å². The van der Waals surface area contributed by atoms with Crippen LogP contribution in [0.3, 0.4) is 0 Å². The Morgan fingerprint density at radius 3 is 2.88 bits per heavy atom. The summed E-state index contributed by atoms with van der Waals surface area (Å²) in [5, 5.41) is 0. The van der Waals surface area contributed by atoms with Crippen LogP contribution in [0.2, 0.25) is 0 Å². The van der Waals surface area contributed by atoms with E-state index in [0.29, 0.717) is 6.10 Å². The number of allylic oxidation sites excluding steroid dienone is 1. The molecule has 0 spiro atoms. The molecule has 0 radical (unpaired) electrons. The predicted octanol–water partition coefficient (Wildman–Crippen LogP) is 4.44. The SMILES string of the molecule is C=CCCC(CCCCC)OC1CCCCO1. The fourth-order valence-electron chi connectivity index (χ4n) is 2.24. The first-order valence-electron chi connectivity index (χ1n) is 7.24. The van der Waals surface area contributed by atoms with Gasteiger partial charge in [-0.2, -0.15) is 0 Å². The first-order chi connectivity index (χ1) is 8.36. The molecule has 1 rings (SSSR count). The third-order valence-corrected chi connectivity index (χ3v) is 3.30. The maximum absolute atomic E-state index is 6.07. The molecule has 0 N–H and O–H groups in total. The van der Waals surface area contributed by atoms with Gasteiger partial charge in [0.15, 0.2) is 6.29 Å². The van der Waals surface area contributed by atoms with Crippen molar-refractivity contribution in [2.75, 3.05) is 6.61 Å². The van der Waals surface area contributed by atoms with Crippen LogP contribution in [0.1, 0.15) is 64.7 Å². The molecule has 0 aromatic rings. The van der Waals surface area contributed by atoms with Gasteiger partial charge >= 0.3 is 0 Å². The summed E-state index contributed by atoms with van der Waals surface area (Å²) in [5.74, 6) is 0. The van der Waals surface area contributed by atoms with Gasteiger partial charge in [0, 0.05) is 6.61 Å². The van der Waals surface area contributed by atoms with E-state index in [1.165, 1.54) is 38.5 Å². The molecule has 2 nitrogen and oxygen atoms in total. The summed E-state index contributed by atoms with van der Waals surface area (Å²) in [6, 6.07) is 0. The van der Waals surface area contributed by atoms with Crippen molar-refractivity contribution in [3.8, 4) is 0 Å². The lowest BCUT2D eigenvalue weighted by Crippen LogP contribution is -2.28. The van der Waals surface area contributed by atoms with Gasteiger partial charge in [0.05, 0.1) is 6.10 Å². The second-order valence-corrected chi connectivity index (χ2v) is 4.92. The van der Waals surface area contributed by atoms with Gasteiger partial charge < -0.3 is 9.47 Å². The Morgan fingerprint density at radius 2 is 2.24 bits per heavy atom. The Morgan fingerprint density at radius 1 is 1.35 bits per heavy atom. The maximum atomic E-state index is 6.07. The average molecular weight is 240 g/mol. The maximum Gasteiger partial charge on any atom is 0.157 e. The summed E-state index contributed by atoms with van der Waals surface area (Å²) in [5.41, 5.74) is 0. The lowest BCUT2D eigenvalue weighted by atomic mass is 10.1. The Hall–Kier alpha value is -0.340. The lowest BCUT2D eigenvalue weighted by Gasteiger charge is -2.27. The number of rotatable bonds is 9. The molecule has 1 fully saturated rings. The van der Waals surface area contributed by atoms with E-state index in [4.69, 9.17) is 9.47 Å². The summed E-state index contributed by atoms with van der Waals surface area (Å²) in [7, 11) is 0. The van der Waals surface area contributed by atoms with Crippen molar-refractivity contribution in [1.29, 1.82) is 0 Å². The Balaban J connectivity index is 2.24. The minimum Gasteiger partial charge on any atom is -0.353 e. The second kappa shape index (κ2) is 9.67. The minimum absolute atomic E-state index is 0.0557. The van der Waals surface area contributed by atoms with Gasteiger partial charge in [-0.05, 0) is 38.5 Å². The second-order valence-electron chi connectivity index (χ2n) is 4.92. The highest BCUT2D eigenvalue weighted by molar-refractivity contribution is 4.71. The van der Waals surface area contributed by atoms with Gasteiger partial charge in [0.2, 0.25) is 0 Å². The zero-order valence-electron chi connectivity index (χ0n) is 11.3. The van der Waals surface area contributed by atoms with E-state index in [2.05, 4.69) is 13.5 Å². The fraction of sp³-hybridized carbons (Fsp3) is 0.867. The molecule has 100 valence electrons. The highest BCUT2D eigenvalue weighted by atomic mass is 16.7. The summed E-state index contributed by atoms with van der Waals surface area (Å²) >= 11 is 0. The number of hydrogen-bond acceptors (Lipinski definition) is 2. The summed E-state index contributed by atoms with van der Waals surface area (Å²) in [6.45, 7) is 6.90. The molecule has 1 aliphatic heterocycles. The van der Waals surface area contributed by atoms with Crippen molar-refractivity contribution < 1.29 is 9.47 Å². The number of unbranched alkanes of at least 4 members (excludes halogenated alkanes) is 2. The molecule has 2 atom stereocenters. The van der Waals surface area contributed by atoms with Crippen LogP contribution in [0.4, 0.5) is 0 Å². The highest BCUT2D eigenvalue weighted by Crippen LogP contribution is 2.20. The molecule has 1 aliphatic rings. The van der Waals surface area contributed by atoms with E-state index in [-0.39, 0.29) is 6.29 Å². The molecule has 0 bridgehead atoms. The van der Waals surface area contributed by atoms with Crippen molar-refractivity contribution in [3.05, 3.63) is 12.7 Å². The monoisotopic (exact) mass is 240 g/mol. The molecule has 17 heavy (non-hydrogen) atoms. The third kappa shape index (κ3) is 6.85. The third-order valence-electron chi connectivity index (χ3n) is 3.30. The molecule has 0 saturated carbocycles. The standard InChI is InChI=1S/C15H28O2/c1-3-5-7-11-14(10-6-4-2)17-15-12-8-9-13-16-15/h4,14-15H,2-3,5-13H2,1H3. The summed E-state index contributed by atoms with van der Waals surface area (Å²) < 4.78 is 11.7. The average Bonchev–Trinajstić information content (AvgIpc) is 2.37. The Kier molecular flexibility index (Phi) is 8.37. The van der Waals surface area contributed by atoms with E-state index in [1.54, 1.807) is 0 Å².